The minimum absolute atomic E-state index is 0.139. The Morgan fingerprint density at radius 1 is 1.30 bits per heavy atom. The molecule has 0 bridgehead atoms. The van der Waals surface area contributed by atoms with E-state index in [-0.39, 0.29) is 5.91 Å². The second-order valence-electron chi connectivity index (χ2n) is 6.22. The number of hydrogen-bond acceptors (Lipinski definition) is 3. The van der Waals surface area contributed by atoms with Crippen molar-refractivity contribution in [2.24, 2.45) is 11.7 Å². The van der Waals surface area contributed by atoms with Crippen LogP contribution in [0.5, 0.6) is 0 Å². The normalized spacial score (nSPS) is 21.6. The van der Waals surface area contributed by atoms with Gasteiger partial charge in [-0.15, -0.1) is 11.3 Å². The zero-order valence-corrected chi connectivity index (χ0v) is 12.8. The van der Waals surface area contributed by atoms with Gasteiger partial charge in [-0.2, -0.15) is 0 Å². The Hall–Kier alpha value is -0.870. The standard InChI is InChI=1S/C16H24N2OS/c17-15(14-7-4-10-20-14)16(19)18(13-8-9-13)11-12-5-2-1-3-6-12/h4,7,10,12-13,15H,1-3,5-6,8-9,11,17H2. The summed E-state index contributed by atoms with van der Waals surface area (Å²) in [6.45, 7) is 0.933. The number of carbonyl (C=O) groups is 1. The predicted molar refractivity (Wildman–Crippen MR) is 82.6 cm³/mol. The molecule has 1 aromatic rings. The maximum absolute atomic E-state index is 12.7. The largest absolute Gasteiger partial charge is 0.338 e. The van der Waals surface area contributed by atoms with Gasteiger partial charge in [-0.05, 0) is 43.0 Å². The molecule has 0 saturated heterocycles. The van der Waals surface area contributed by atoms with Crippen molar-refractivity contribution in [1.82, 2.24) is 4.90 Å². The van der Waals surface area contributed by atoms with Crippen LogP contribution in [0.25, 0.3) is 0 Å². The van der Waals surface area contributed by atoms with E-state index in [1.807, 2.05) is 17.5 Å². The Morgan fingerprint density at radius 2 is 2.05 bits per heavy atom. The third-order valence-electron chi connectivity index (χ3n) is 4.57. The fourth-order valence-electron chi connectivity index (χ4n) is 3.22. The lowest BCUT2D eigenvalue weighted by atomic mass is 9.88. The van der Waals surface area contributed by atoms with E-state index < -0.39 is 6.04 Å². The molecule has 20 heavy (non-hydrogen) atoms. The average molecular weight is 292 g/mol. The van der Waals surface area contributed by atoms with E-state index in [0.29, 0.717) is 12.0 Å². The van der Waals surface area contributed by atoms with E-state index in [2.05, 4.69) is 4.90 Å². The van der Waals surface area contributed by atoms with Crippen LogP contribution < -0.4 is 5.73 Å². The summed E-state index contributed by atoms with van der Waals surface area (Å²) < 4.78 is 0. The Labute approximate surface area is 125 Å². The number of carbonyl (C=O) groups excluding carboxylic acids is 1. The molecule has 2 aliphatic rings. The topological polar surface area (TPSA) is 46.3 Å². The summed E-state index contributed by atoms with van der Waals surface area (Å²) in [5.41, 5.74) is 6.17. The molecule has 2 fully saturated rings. The van der Waals surface area contributed by atoms with E-state index in [1.165, 1.54) is 32.1 Å². The maximum atomic E-state index is 12.7. The molecule has 2 N–H and O–H groups in total. The van der Waals surface area contributed by atoms with Gasteiger partial charge in [0, 0.05) is 17.5 Å². The molecule has 1 unspecified atom stereocenters. The molecule has 0 aliphatic heterocycles. The number of nitrogens with zero attached hydrogens (tertiary/aromatic N) is 1. The molecular formula is C16H24N2OS. The first kappa shape index (κ1) is 14.1. The Bertz CT molecular complexity index is 435. The van der Waals surface area contributed by atoms with Crippen molar-refractivity contribution >= 4 is 17.2 Å². The van der Waals surface area contributed by atoms with Crippen molar-refractivity contribution in [2.45, 2.75) is 57.0 Å². The van der Waals surface area contributed by atoms with Gasteiger partial charge < -0.3 is 10.6 Å². The fourth-order valence-corrected chi connectivity index (χ4v) is 3.94. The molecular weight excluding hydrogens is 268 g/mol. The van der Waals surface area contributed by atoms with Gasteiger partial charge in [-0.1, -0.05) is 25.3 Å². The van der Waals surface area contributed by atoms with Gasteiger partial charge >= 0.3 is 0 Å². The maximum Gasteiger partial charge on any atom is 0.245 e. The number of thiophene rings is 1. The summed E-state index contributed by atoms with van der Waals surface area (Å²) in [6.07, 6.45) is 8.91. The molecule has 2 aliphatic carbocycles. The van der Waals surface area contributed by atoms with Crippen LogP contribution in [0.1, 0.15) is 55.9 Å². The number of hydrogen-bond donors (Lipinski definition) is 1. The van der Waals surface area contributed by atoms with Gasteiger partial charge in [0.05, 0.1) is 0 Å². The summed E-state index contributed by atoms with van der Waals surface area (Å²) in [5, 5.41) is 1.99. The van der Waals surface area contributed by atoms with Crippen LogP contribution in [0.2, 0.25) is 0 Å². The highest BCUT2D eigenvalue weighted by atomic mass is 32.1. The van der Waals surface area contributed by atoms with E-state index in [0.717, 1.165) is 24.3 Å². The molecule has 0 radical (unpaired) electrons. The van der Waals surface area contributed by atoms with Crippen LogP contribution >= 0.6 is 11.3 Å². The third-order valence-corrected chi connectivity index (χ3v) is 5.52. The Balaban J connectivity index is 1.65. The third kappa shape index (κ3) is 3.23. The van der Waals surface area contributed by atoms with Gasteiger partial charge in [-0.25, -0.2) is 0 Å². The zero-order valence-electron chi connectivity index (χ0n) is 12.0. The minimum atomic E-state index is -0.459. The number of amides is 1. The first-order valence-electron chi connectivity index (χ1n) is 7.85. The lowest BCUT2D eigenvalue weighted by Crippen LogP contribution is -2.42. The highest BCUT2D eigenvalue weighted by Gasteiger charge is 2.36. The minimum Gasteiger partial charge on any atom is -0.338 e. The van der Waals surface area contributed by atoms with Gasteiger partial charge in [0.25, 0.3) is 0 Å². The molecule has 0 aromatic carbocycles. The SMILES string of the molecule is NC(C(=O)N(CC1CCCCC1)C1CC1)c1cccs1. The molecule has 3 rings (SSSR count). The van der Waals surface area contributed by atoms with E-state index in [9.17, 15) is 4.79 Å². The highest BCUT2D eigenvalue weighted by molar-refractivity contribution is 7.10. The van der Waals surface area contributed by atoms with Gasteiger partial charge in [0.2, 0.25) is 5.91 Å². The molecule has 2 saturated carbocycles. The number of nitrogens with two attached hydrogens (primary N) is 1. The van der Waals surface area contributed by atoms with Crippen molar-refractivity contribution in [3.63, 3.8) is 0 Å². The molecule has 1 amide bonds. The molecule has 110 valence electrons. The van der Waals surface area contributed by atoms with Crippen molar-refractivity contribution in [2.75, 3.05) is 6.54 Å². The Morgan fingerprint density at radius 3 is 2.65 bits per heavy atom. The van der Waals surface area contributed by atoms with Crippen LogP contribution in [0, 0.1) is 5.92 Å². The summed E-state index contributed by atoms with van der Waals surface area (Å²) in [5.74, 6) is 0.837. The summed E-state index contributed by atoms with van der Waals surface area (Å²) >= 11 is 1.58. The smallest absolute Gasteiger partial charge is 0.245 e. The van der Waals surface area contributed by atoms with Gasteiger partial charge in [-0.3, -0.25) is 4.79 Å². The lowest BCUT2D eigenvalue weighted by molar-refractivity contribution is -0.134. The van der Waals surface area contributed by atoms with Crippen molar-refractivity contribution in [3.8, 4) is 0 Å². The van der Waals surface area contributed by atoms with E-state index in [4.69, 9.17) is 5.73 Å². The summed E-state index contributed by atoms with van der Waals surface area (Å²) in [6, 6.07) is 3.95. The molecule has 1 atom stereocenters. The van der Waals surface area contributed by atoms with Gasteiger partial charge in [0.1, 0.15) is 6.04 Å². The van der Waals surface area contributed by atoms with Crippen molar-refractivity contribution < 1.29 is 4.79 Å². The van der Waals surface area contributed by atoms with E-state index >= 15 is 0 Å². The lowest BCUT2D eigenvalue weighted by Gasteiger charge is -2.31. The average Bonchev–Trinajstić information content (AvgIpc) is 3.18. The second-order valence-corrected chi connectivity index (χ2v) is 7.20. The summed E-state index contributed by atoms with van der Waals surface area (Å²) in [4.78, 5) is 15.8. The second kappa shape index (κ2) is 6.27. The highest BCUT2D eigenvalue weighted by Crippen LogP contribution is 2.33. The van der Waals surface area contributed by atoms with Crippen molar-refractivity contribution in [1.29, 1.82) is 0 Å². The predicted octanol–water partition coefficient (Wildman–Crippen LogP) is 3.32. The van der Waals surface area contributed by atoms with Crippen LogP contribution in [-0.2, 0) is 4.79 Å². The van der Waals surface area contributed by atoms with Crippen molar-refractivity contribution in [3.05, 3.63) is 22.4 Å². The van der Waals surface area contributed by atoms with Crippen LogP contribution in [0.4, 0.5) is 0 Å². The first-order valence-corrected chi connectivity index (χ1v) is 8.73. The zero-order chi connectivity index (χ0) is 13.9. The quantitative estimate of drug-likeness (QED) is 0.905. The van der Waals surface area contributed by atoms with Gasteiger partial charge in [0.15, 0.2) is 0 Å². The van der Waals surface area contributed by atoms with E-state index in [1.54, 1.807) is 11.3 Å². The monoisotopic (exact) mass is 292 g/mol. The summed E-state index contributed by atoms with van der Waals surface area (Å²) in [7, 11) is 0. The fraction of sp³-hybridized carbons (Fsp3) is 0.688. The van der Waals surface area contributed by atoms with Crippen LogP contribution in [0.3, 0.4) is 0 Å². The molecule has 4 heteroatoms. The Kier molecular flexibility index (Phi) is 4.41. The molecule has 1 aromatic heterocycles. The molecule has 0 spiro atoms. The number of rotatable bonds is 5. The molecule has 3 nitrogen and oxygen atoms in total. The molecule has 1 heterocycles. The first-order chi connectivity index (χ1) is 9.75. The van der Waals surface area contributed by atoms with Crippen LogP contribution in [-0.4, -0.2) is 23.4 Å². The van der Waals surface area contributed by atoms with Crippen LogP contribution in [0.15, 0.2) is 17.5 Å².